The van der Waals surface area contributed by atoms with Crippen molar-refractivity contribution < 1.29 is 9.90 Å². The van der Waals surface area contributed by atoms with Crippen molar-refractivity contribution >= 4 is 5.91 Å². The van der Waals surface area contributed by atoms with Crippen LogP contribution in [-0.2, 0) is 4.79 Å². The monoisotopic (exact) mass is 370 g/mol. The van der Waals surface area contributed by atoms with Crippen molar-refractivity contribution in [3.63, 3.8) is 0 Å². The van der Waals surface area contributed by atoms with Crippen LogP contribution in [0.1, 0.15) is 57.4 Å². The van der Waals surface area contributed by atoms with Crippen molar-refractivity contribution in [1.29, 1.82) is 0 Å². The van der Waals surface area contributed by atoms with E-state index in [2.05, 4.69) is 47.9 Å². The first-order chi connectivity index (χ1) is 13.1. The summed E-state index contributed by atoms with van der Waals surface area (Å²) in [4.78, 5) is 17.7. The van der Waals surface area contributed by atoms with Crippen LogP contribution in [0.5, 0.6) is 0 Å². The van der Waals surface area contributed by atoms with Crippen LogP contribution in [0, 0.1) is 11.8 Å². The fourth-order valence-corrected chi connectivity index (χ4v) is 4.89. The molecular formula is C23H34N2O2. The maximum absolute atomic E-state index is 13.0. The maximum atomic E-state index is 13.0. The van der Waals surface area contributed by atoms with E-state index in [1.165, 1.54) is 24.8 Å². The van der Waals surface area contributed by atoms with Gasteiger partial charge in [-0.1, -0.05) is 36.8 Å². The molecular weight excluding hydrogens is 336 g/mol. The van der Waals surface area contributed by atoms with E-state index < -0.39 is 0 Å². The van der Waals surface area contributed by atoms with E-state index in [0.717, 1.165) is 31.8 Å². The summed E-state index contributed by atoms with van der Waals surface area (Å²) in [7, 11) is 0. The van der Waals surface area contributed by atoms with E-state index in [1.54, 1.807) is 0 Å². The lowest BCUT2D eigenvalue weighted by Crippen LogP contribution is -2.68. The highest BCUT2D eigenvalue weighted by Gasteiger charge is 2.51. The maximum Gasteiger partial charge on any atom is 0.225 e. The third-order valence-electron chi connectivity index (χ3n) is 6.96. The number of rotatable bonds is 8. The average Bonchev–Trinajstić information content (AvgIpc) is 3.41. The Morgan fingerprint density at radius 3 is 2.37 bits per heavy atom. The zero-order valence-corrected chi connectivity index (χ0v) is 16.8. The van der Waals surface area contributed by atoms with E-state index in [-0.39, 0.29) is 24.6 Å². The Morgan fingerprint density at radius 2 is 1.85 bits per heavy atom. The number of benzene rings is 1. The summed E-state index contributed by atoms with van der Waals surface area (Å²) >= 11 is 0. The molecule has 0 unspecified atom stereocenters. The van der Waals surface area contributed by atoms with Crippen molar-refractivity contribution in [1.82, 2.24) is 9.80 Å². The molecule has 4 nitrogen and oxygen atoms in total. The van der Waals surface area contributed by atoms with Crippen LogP contribution in [-0.4, -0.2) is 58.6 Å². The van der Waals surface area contributed by atoms with E-state index in [9.17, 15) is 9.90 Å². The topological polar surface area (TPSA) is 43.8 Å². The van der Waals surface area contributed by atoms with Gasteiger partial charge >= 0.3 is 0 Å². The molecule has 0 spiro atoms. The van der Waals surface area contributed by atoms with Crippen LogP contribution in [0.15, 0.2) is 30.3 Å². The number of likely N-dealkylation sites (tertiary alicyclic amines) is 1. The molecule has 0 aromatic heterocycles. The standard InChI is InChI=1S/C23H34N2O2/c1-16(2)24(23(27)19-9-6-10-19)14-20-22(18-7-4-3-5-8-18)21(15-26)25(20)13-17-11-12-17/h3-5,7-8,16-17,19-22,26H,6,9-15H2,1-2H3/t20-,21+,22+/m0/s1. The van der Waals surface area contributed by atoms with Crippen molar-refractivity contribution in [3.8, 4) is 0 Å². The van der Waals surface area contributed by atoms with Crippen molar-refractivity contribution in [2.75, 3.05) is 19.7 Å². The van der Waals surface area contributed by atoms with Crippen LogP contribution >= 0.6 is 0 Å². The van der Waals surface area contributed by atoms with Gasteiger partial charge < -0.3 is 10.0 Å². The molecule has 0 bridgehead atoms. The van der Waals surface area contributed by atoms with Crippen LogP contribution in [0.3, 0.4) is 0 Å². The number of carbonyl (C=O) groups excluding carboxylic acids is 1. The molecule has 4 rings (SSSR count). The van der Waals surface area contributed by atoms with E-state index in [4.69, 9.17) is 0 Å². The van der Waals surface area contributed by atoms with E-state index >= 15 is 0 Å². The summed E-state index contributed by atoms with van der Waals surface area (Å²) in [5, 5.41) is 10.1. The summed E-state index contributed by atoms with van der Waals surface area (Å²) < 4.78 is 0. The molecule has 1 aliphatic heterocycles. The Hall–Kier alpha value is -1.39. The lowest BCUT2D eigenvalue weighted by Gasteiger charge is -2.57. The van der Waals surface area contributed by atoms with Gasteiger partial charge in [-0.25, -0.2) is 0 Å². The van der Waals surface area contributed by atoms with Gasteiger partial charge in [0.2, 0.25) is 5.91 Å². The number of nitrogens with zero attached hydrogens (tertiary/aromatic N) is 2. The summed E-state index contributed by atoms with van der Waals surface area (Å²) in [5.74, 6) is 1.69. The zero-order valence-electron chi connectivity index (χ0n) is 16.8. The second-order valence-corrected chi connectivity index (χ2v) is 9.11. The Morgan fingerprint density at radius 1 is 1.15 bits per heavy atom. The third-order valence-corrected chi connectivity index (χ3v) is 6.96. The van der Waals surface area contributed by atoms with E-state index in [1.807, 2.05) is 6.07 Å². The van der Waals surface area contributed by atoms with Gasteiger partial charge in [-0.15, -0.1) is 0 Å². The molecule has 1 aromatic rings. The molecule has 1 aromatic carbocycles. The molecule has 0 radical (unpaired) electrons. The van der Waals surface area contributed by atoms with Crippen LogP contribution in [0.4, 0.5) is 0 Å². The van der Waals surface area contributed by atoms with Crippen molar-refractivity contribution in [2.24, 2.45) is 11.8 Å². The molecule has 3 atom stereocenters. The van der Waals surface area contributed by atoms with Crippen molar-refractivity contribution in [3.05, 3.63) is 35.9 Å². The van der Waals surface area contributed by atoms with Crippen LogP contribution in [0.25, 0.3) is 0 Å². The predicted octanol–water partition coefficient (Wildman–Crippen LogP) is 3.26. The number of hydrogen-bond donors (Lipinski definition) is 1. The number of hydrogen-bond acceptors (Lipinski definition) is 3. The average molecular weight is 371 g/mol. The molecule has 1 N–H and O–H groups in total. The molecule has 27 heavy (non-hydrogen) atoms. The predicted molar refractivity (Wildman–Crippen MR) is 107 cm³/mol. The summed E-state index contributed by atoms with van der Waals surface area (Å²) in [6.07, 6.45) is 5.93. The lowest BCUT2D eigenvalue weighted by atomic mass is 9.74. The number of amides is 1. The normalized spacial score (nSPS) is 28.7. The summed E-state index contributed by atoms with van der Waals surface area (Å²) in [5.41, 5.74) is 1.30. The van der Waals surface area contributed by atoms with Crippen LogP contribution in [0.2, 0.25) is 0 Å². The molecule has 1 heterocycles. The molecule has 2 saturated carbocycles. The molecule has 2 aliphatic carbocycles. The number of aliphatic hydroxyl groups is 1. The Kier molecular flexibility index (Phi) is 5.56. The molecule has 3 aliphatic rings. The first-order valence-electron chi connectivity index (χ1n) is 10.8. The first-order valence-corrected chi connectivity index (χ1v) is 10.8. The minimum Gasteiger partial charge on any atom is -0.395 e. The largest absolute Gasteiger partial charge is 0.395 e. The zero-order chi connectivity index (χ0) is 19.0. The molecule has 148 valence electrons. The van der Waals surface area contributed by atoms with Gasteiger partial charge in [0, 0.05) is 43.1 Å². The molecule has 1 saturated heterocycles. The van der Waals surface area contributed by atoms with Crippen molar-refractivity contribution in [2.45, 2.75) is 70.0 Å². The minimum atomic E-state index is 0.186. The van der Waals surface area contributed by atoms with Gasteiger partial charge in [0.1, 0.15) is 0 Å². The van der Waals surface area contributed by atoms with Gasteiger partial charge in [0.05, 0.1) is 6.61 Å². The van der Waals surface area contributed by atoms with Gasteiger partial charge in [0.15, 0.2) is 0 Å². The fourth-order valence-electron chi connectivity index (χ4n) is 4.89. The summed E-state index contributed by atoms with van der Waals surface area (Å²) in [6, 6.07) is 11.3. The third kappa shape index (κ3) is 3.79. The smallest absolute Gasteiger partial charge is 0.225 e. The van der Waals surface area contributed by atoms with Gasteiger partial charge in [-0.05, 0) is 51.0 Å². The highest BCUT2D eigenvalue weighted by molar-refractivity contribution is 5.80. The lowest BCUT2D eigenvalue weighted by molar-refractivity contribution is -0.144. The second kappa shape index (κ2) is 7.92. The van der Waals surface area contributed by atoms with E-state index in [0.29, 0.717) is 17.9 Å². The Bertz CT molecular complexity index is 639. The number of carbonyl (C=O) groups is 1. The minimum absolute atomic E-state index is 0.186. The highest BCUT2D eigenvalue weighted by atomic mass is 16.3. The highest BCUT2D eigenvalue weighted by Crippen LogP contribution is 2.44. The molecule has 4 heteroatoms. The second-order valence-electron chi connectivity index (χ2n) is 9.11. The van der Waals surface area contributed by atoms with Gasteiger partial charge in [-0.3, -0.25) is 9.69 Å². The first kappa shape index (κ1) is 18.9. The quantitative estimate of drug-likeness (QED) is 0.764. The SMILES string of the molecule is CC(C)N(C[C@H]1[C@@H](c2ccccc2)[C@@H](CO)N1CC1CC1)C(=O)C1CCC1. The molecule has 1 amide bonds. The van der Waals surface area contributed by atoms with Gasteiger partial charge in [0.25, 0.3) is 0 Å². The Balaban J connectivity index is 1.55. The number of aliphatic hydroxyl groups excluding tert-OH is 1. The molecule has 3 fully saturated rings. The van der Waals surface area contributed by atoms with Crippen LogP contribution < -0.4 is 0 Å². The Labute approximate surface area is 163 Å². The fraction of sp³-hybridized carbons (Fsp3) is 0.696. The van der Waals surface area contributed by atoms with Gasteiger partial charge in [-0.2, -0.15) is 0 Å². The summed E-state index contributed by atoms with van der Waals surface area (Å²) in [6.45, 7) is 6.34.